The number of carboxylic acid groups (broad SMARTS) is 1. The summed E-state index contributed by atoms with van der Waals surface area (Å²) in [6.07, 6.45) is 2.40. The highest BCUT2D eigenvalue weighted by atomic mass is 16.6. The zero-order chi connectivity index (χ0) is 15.4. The second kappa shape index (κ2) is 6.53. The van der Waals surface area contributed by atoms with Gasteiger partial charge in [-0.3, -0.25) is 10.1 Å². The van der Waals surface area contributed by atoms with Gasteiger partial charge in [0.15, 0.2) is 0 Å². The molecule has 0 bridgehead atoms. The first kappa shape index (κ1) is 15.2. The van der Waals surface area contributed by atoms with Crippen LogP contribution in [0.3, 0.4) is 0 Å². The van der Waals surface area contributed by atoms with Crippen molar-refractivity contribution in [2.75, 3.05) is 0 Å². The van der Waals surface area contributed by atoms with Crippen LogP contribution < -0.4 is 4.74 Å². The summed E-state index contributed by atoms with van der Waals surface area (Å²) in [4.78, 5) is 21.6. The van der Waals surface area contributed by atoms with E-state index in [9.17, 15) is 20.0 Å². The molecule has 114 valence electrons. The fourth-order valence-electron chi connectivity index (χ4n) is 2.50. The van der Waals surface area contributed by atoms with Crippen LogP contribution >= 0.6 is 0 Å². The number of rotatable bonds is 4. The molecule has 1 aromatic carbocycles. The zero-order valence-electron chi connectivity index (χ0n) is 11.4. The fraction of sp³-hybridized carbons (Fsp3) is 0.500. The number of aliphatic hydroxyl groups is 1. The van der Waals surface area contributed by atoms with Crippen molar-refractivity contribution in [1.82, 2.24) is 0 Å². The number of nitrogens with zero attached hydrogens (tertiary/aromatic N) is 1. The summed E-state index contributed by atoms with van der Waals surface area (Å²) < 4.78 is 5.56. The van der Waals surface area contributed by atoms with Crippen LogP contribution in [0, 0.1) is 10.1 Å². The van der Waals surface area contributed by atoms with Gasteiger partial charge in [-0.2, -0.15) is 0 Å². The number of hydrogen-bond donors (Lipinski definition) is 2. The van der Waals surface area contributed by atoms with E-state index in [0.717, 1.165) is 19.3 Å². The van der Waals surface area contributed by atoms with Crippen LogP contribution in [-0.2, 0) is 0 Å². The second-order valence-electron chi connectivity index (χ2n) is 5.08. The van der Waals surface area contributed by atoms with Crippen LogP contribution in [0.15, 0.2) is 18.2 Å². The normalized spacial score (nSPS) is 22.3. The average Bonchev–Trinajstić information content (AvgIpc) is 2.64. The average molecular weight is 295 g/mol. The van der Waals surface area contributed by atoms with E-state index in [2.05, 4.69) is 0 Å². The first-order chi connectivity index (χ1) is 10.0. The van der Waals surface area contributed by atoms with Crippen LogP contribution in [0.4, 0.5) is 5.69 Å². The Morgan fingerprint density at radius 3 is 2.67 bits per heavy atom. The third kappa shape index (κ3) is 3.49. The van der Waals surface area contributed by atoms with Crippen LogP contribution in [0.5, 0.6) is 5.75 Å². The highest BCUT2D eigenvalue weighted by Crippen LogP contribution is 2.34. The lowest BCUT2D eigenvalue weighted by Crippen LogP contribution is -2.31. The van der Waals surface area contributed by atoms with Gasteiger partial charge in [0.1, 0.15) is 11.7 Å². The van der Waals surface area contributed by atoms with E-state index < -0.39 is 28.8 Å². The standard InChI is InChI=1S/C14H17NO6/c16-11-7-2-1-3-8-12(11)21-13-9(14(17)18)5-4-6-10(13)15(19)20/h4-6,11-12,16H,1-3,7-8H2,(H,17,18). The minimum absolute atomic E-state index is 0.263. The number of carboxylic acids is 1. The summed E-state index contributed by atoms with van der Waals surface area (Å²) in [5.74, 6) is -1.57. The first-order valence-corrected chi connectivity index (χ1v) is 6.86. The molecule has 21 heavy (non-hydrogen) atoms. The van der Waals surface area contributed by atoms with E-state index in [1.807, 2.05) is 0 Å². The van der Waals surface area contributed by atoms with Crippen LogP contribution in [0.1, 0.15) is 42.5 Å². The quantitative estimate of drug-likeness (QED) is 0.501. The predicted molar refractivity (Wildman–Crippen MR) is 73.6 cm³/mol. The Morgan fingerprint density at radius 2 is 2.00 bits per heavy atom. The summed E-state index contributed by atoms with van der Waals surface area (Å²) in [7, 11) is 0. The second-order valence-corrected chi connectivity index (χ2v) is 5.08. The van der Waals surface area contributed by atoms with Crippen molar-refractivity contribution in [3.8, 4) is 5.75 Å². The molecule has 0 saturated heterocycles. The highest BCUT2D eigenvalue weighted by molar-refractivity contribution is 5.92. The lowest BCUT2D eigenvalue weighted by Gasteiger charge is -2.22. The number of hydrogen-bond acceptors (Lipinski definition) is 5. The van der Waals surface area contributed by atoms with Gasteiger partial charge in [-0.25, -0.2) is 4.79 Å². The van der Waals surface area contributed by atoms with Crippen molar-refractivity contribution in [2.45, 2.75) is 44.3 Å². The summed E-state index contributed by atoms with van der Waals surface area (Å²) in [6.45, 7) is 0. The SMILES string of the molecule is O=C(O)c1cccc([N+](=O)[O-])c1OC1CCCCCC1O. The van der Waals surface area contributed by atoms with Gasteiger partial charge in [-0.15, -0.1) is 0 Å². The van der Waals surface area contributed by atoms with Crippen molar-refractivity contribution in [3.05, 3.63) is 33.9 Å². The number of ether oxygens (including phenoxy) is 1. The van der Waals surface area contributed by atoms with Gasteiger partial charge >= 0.3 is 11.7 Å². The molecular formula is C14H17NO6. The fourth-order valence-corrected chi connectivity index (χ4v) is 2.50. The van der Waals surface area contributed by atoms with Crippen molar-refractivity contribution < 1.29 is 24.7 Å². The van der Waals surface area contributed by atoms with E-state index in [1.54, 1.807) is 0 Å². The lowest BCUT2D eigenvalue weighted by molar-refractivity contribution is -0.386. The van der Waals surface area contributed by atoms with E-state index in [4.69, 9.17) is 9.84 Å². The minimum Gasteiger partial charge on any atom is -0.480 e. The van der Waals surface area contributed by atoms with Crippen molar-refractivity contribution in [1.29, 1.82) is 0 Å². The molecule has 0 heterocycles. The number of aromatic carboxylic acids is 1. The number of para-hydroxylation sites is 1. The monoisotopic (exact) mass is 295 g/mol. The molecule has 0 aliphatic heterocycles. The number of benzene rings is 1. The predicted octanol–water partition coefficient (Wildman–Crippen LogP) is 2.37. The third-order valence-electron chi connectivity index (χ3n) is 3.61. The van der Waals surface area contributed by atoms with E-state index in [-0.39, 0.29) is 11.3 Å². The number of nitro benzene ring substituents is 1. The Bertz CT molecular complexity index is 512. The third-order valence-corrected chi connectivity index (χ3v) is 3.61. The molecule has 0 amide bonds. The number of nitro groups is 1. The lowest BCUT2D eigenvalue weighted by atomic mass is 10.1. The Balaban J connectivity index is 2.36. The summed E-state index contributed by atoms with van der Waals surface area (Å²) in [6, 6.07) is 3.76. The molecule has 1 fully saturated rings. The van der Waals surface area contributed by atoms with Crippen molar-refractivity contribution in [3.63, 3.8) is 0 Å². The molecule has 0 radical (unpaired) electrons. The molecule has 1 aliphatic rings. The molecule has 1 saturated carbocycles. The summed E-state index contributed by atoms with van der Waals surface area (Å²) in [5, 5.41) is 30.2. The molecule has 2 atom stereocenters. The molecule has 1 aromatic rings. The van der Waals surface area contributed by atoms with Crippen LogP contribution in [0.2, 0.25) is 0 Å². The van der Waals surface area contributed by atoms with Crippen LogP contribution in [-0.4, -0.2) is 33.3 Å². The van der Waals surface area contributed by atoms with Gasteiger partial charge in [0.05, 0.1) is 11.0 Å². The maximum atomic E-state index is 11.2. The number of aliphatic hydroxyl groups excluding tert-OH is 1. The molecule has 2 N–H and O–H groups in total. The Morgan fingerprint density at radius 1 is 1.29 bits per heavy atom. The topological polar surface area (TPSA) is 110 Å². The molecule has 7 nitrogen and oxygen atoms in total. The number of carbonyl (C=O) groups is 1. The van der Waals surface area contributed by atoms with Gasteiger partial charge < -0.3 is 14.9 Å². The van der Waals surface area contributed by atoms with Gasteiger partial charge in [-0.05, 0) is 25.3 Å². The largest absolute Gasteiger partial charge is 0.480 e. The highest BCUT2D eigenvalue weighted by Gasteiger charge is 2.29. The molecule has 0 aromatic heterocycles. The van der Waals surface area contributed by atoms with Gasteiger partial charge in [0.25, 0.3) is 0 Å². The molecule has 7 heteroatoms. The molecule has 2 unspecified atom stereocenters. The first-order valence-electron chi connectivity index (χ1n) is 6.86. The zero-order valence-corrected chi connectivity index (χ0v) is 11.4. The summed E-state index contributed by atoms with van der Waals surface area (Å²) in [5.41, 5.74) is -0.660. The van der Waals surface area contributed by atoms with E-state index in [0.29, 0.717) is 12.8 Å². The van der Waals surface area contributed by atoms with E-state index >= 15 is 0 Å². The van der Waals surface area contributed by atoms with E-state index in [1.165, 1.54) is 18.2 Å². The smallest absolute Gasteiger partial charge is 0.339 e. The van der Waals surface area contributed by atoms with Gasteiger partial charge in [0.2, 0.25) is 5.75 Å². The minimum atomic E-state index is -1.29. The maximum Gasteiger partial charge on any atom is 0.339 e. The van der Waals surface area contributed by atoms with Crippen LogP contribution in [0.25, 0.3) is 0 Å². The molecule has 2 rings (SSSR count). The van der Waals surface area contributed by atoms with Gasteiger partial charge in [-0.1, -0.05) is 18.9 Å². The Hall–Kier alpha value is -2.15. The summed E-state index contributed by atoms with van der Waals surface area (Å²) >= 11 is 0. The molecule has 0 spiro atoms. The van der Waals surface area contributed by atoms with Gasteiger partial charge in [0, 0.05) is 6.07 Å². The van der Waals surface area contributed by atoms with Crippen molar-refractivity contribution >= 4 is 11.7 Å². The van der Waals surface area contributed by atoms with Crippen molar-refractivity contribution in [2.24, 2.45) is 0 Å². The molecule has 1 aliphatic carbocycles. The Kier molecular flexibility index (Phi) is 4.74. The maximum absolute atomic E-state index is 11.2. The Labute approximate surface area is 121 Å². The molecular weight excluding hydrogens is 278 g/mol.